The van der Waals surface area contributed by atoms with Gasteiger partial charge in [-0.05, 0) is 38.9 Å². The molecule has 0 spiro atoms. The third-order valence-electron chi connectivity index (χ3n) is 5.22. The Bertz CT molecular complexity index is 618. The Kier molecular flexibility index (Phi) is 5.39. The summed E-state index contributed by atoms with van der Waals surface area (Å²) in [6.07, 6.45) is 1.28. The summed E-state index contributed by atoms with van der Waals surface area (Å²) >= 11 is 0. The minimum absolute atomic E-state index is 0.00817. The molecule has 0 aromatic heterocycles. The van der Waals surface area contributed by atoms with Crippen LogP contribution in [0.15, 0.2) is 30.3 Å². The average molecular weight is 347 g/mol. The van der Waals surface area contributed by atoms with E-state index in [1.54, 1.807) is 31.2 Å². The van der Waals surface area contributed by atoms with E-state index in [2.05, 4.69) is 4.90 Å². The molecule has 2 bridgehead atoms. The minimum atomic E-state index is -0.716. The molecule has 1 N–H and O–H groups in total. The minimum Gasteiger partial charge on any atom is -0.463 e. The quantitative estimate of drug-likeness (QED) is 0.816. The Morgan fingerprint density at radius 3 is 2.68 bits per heavy atom. The number of hydrogen-bond acceptors (Lipinski definition) is 6. The zero-order valence-electron chi connectivity index (χ0n) is 14.6. The number of nitrogens with zero attached hydrogens (tertiary/aromatic N) is 1. The van der Waals surface area contributed by atoms with Crippen molar-refractivity contribution < 1.29 is 24.2 Å². The lowest BCUT2D eigenvalue weighted by Crippen LogP contribution is -2.53. The number of ether oxygens (including phenoxy) is 2. The summed E-state index contributed by atoms with van der Waals surface area (Å²) < 4.78 is 11.0. The van der Waals surface area contributed by atoms with E-state index in [-0.39, 0.29) is 12.6 Å². The zero-order valence-corrected chi connectivity index (χ0v) is 14.6. The summed E-state index contributed by atoms with van der Waals surface area (Å²) in [6.45, 7) is 1.52. The molecule has 0 aliphatic carbocycles. The van der Waals surface area contributed by atoms with Gasteiger partial charge in [-0.25, -0.2) is 4.79 Å². The molecule has 2 aliphatic rings. The van der Waals surface area contributed by atoms with Crippen LogP contribution in [0.2, 0.25) is 0 Å². The molecule has 0 amide bonds. The monoisotopic (exact) mass is 347 g/mol. The molecule has 6 nitrogen and oxygen atoms in total. The number of carbonyl (C=O) groups excluding carboxylic acids is 2. The van der Waals surface area contributed by atoms with Gasteiger partial charge in [0, 0.05) is 18.5 Å². The van der Waals surface area contributed by atoms with Gasteiger partial charge in [-0.1, -0.05) is 18.2 Å². The lowest BCUT2D eigenvalue weighted by atomic mass is 9.87. The van der Waals surface area contributed by atoms with Crippen molar-refractivity contribution in [2.24, 2.45) is 5.92 Å². The second-order valence-corrected chi connectivity index (χ2v) is 7.01. The molecule has 1 aromatic rings. The van der Waals surface area contributed by atoms with Crippen molar-refractivity contribution in [1.82, 2.24) is 4.90 Å². The largest absolute Gasteiger partial charge is 0.463 e. The fraction of sp³-hybridized carbons (Fsp3) is 0.579. The summed E-state index contributed by atoms with van der Waals surface area (Å²) in [6, 6.07) is 9.13. The second kappa shape index (κ2) is 7.54. The molecule has 5 atom stereocenters. The fourth-order valence-electron chi connectivity index (χ4n) is 3.93. The van der Waals surface area contributed by atoms with Crippen molar-refractivity contribution in [3.8, 4) is 0 Å². The molecular formula is C19H25NO5. The molecular weight excluding hydrogens is 322 g/mol. The number of rotatable bonds is 5. The van der Waals surface area contributed by atoms with Crippen molar-refractivity contribution in [3.63, 3.8) is 0 Å². The van der Waals surface area contributed by atoms with Crippen LogP contribution < -0.4 is 0 Å². The number of esters is 2. The lowest BCUT2D eigenvalue weighted by Gasteiger charge is -2.41. The van der Waals surface area contributed by atoms with Gasteiger partial charge in [0.2, 0.25) is 0 Å². The van der Waals surface area contributed by atoms with Crippen LogP contribution >= 0.6 is 0 Å². The number of fused-ring (bicyclic) bond motifs is 2. The molecule has 3 rings (SSSR count). The zero-order chi connectivity index (χ0) is 18.0. The van der Waals surface area contributed by atoms with Gasteiger partial charge in [-0.15, -0.1) is 0 Å². The van der Waals surface area contributed by atoms with E-state index in [9.17, 15) is 14.7 Å². The summed E-state index contributed by atoms with van der Waals surface area (Å²) in [5.41, 5.74) is 0.477. The molecule has 25 heavy (non-hydrogen) atoms. The van der Waals surface area contributed by atoms with Crippen LogP contribution in [-0.4, -0.2) is 59.9 Å². The molecule has 2 fully saturated rings. The van der Waals surface area contributed by atoms with Crippen molar-refractivity contribution in [3.05, 3.63) is 35.9 Å². The van der Waals surface area contributed by atoms with Gasteiger partial charge < -0.3 is 14.6 Å². The van der Waals surface area contributed by atoms with E-state index in [0.717, 1.165) is 12.8 Å². The Morgan fingerprint density at radius 1 is 1.28 bits per heavy atom. The maximum Gasteiger partial charge on any atom is 0.338 e. The van der Waals surface area contributed by atoms with Crippen molar-refractivity contribution in [1.29, 1.82) is 0 Å². The third kappa shape index (κ3) is 3.85. The highest BCUT2D eigenvalue weighted by atomic mass is 16.6. The van der Waals surface area contributed by atoms with Gasteiger partial charge in [0.1, 0.15) is 18.6 Å². The van der Waals surface area contributed by atoms with Gasteiger partial charge >= 0.3 is 11.9 Å². The molecule has 6 heteroatoms. The Morgan fingerprint density at radius 2 is 2.00 bits per heavy atom. The smallest absolute Gasteiger partial charge is 0.338 e. The maximum absolute atomic E-state index is 12.6. The van der Waals surface area contributed by atoms with E-state index < -0.39 is 30.1 Å². The highest BCUT2D eigenvalue weighted by molar-refractivity contribution is 5.89. The molecule has 1 aromatic carbocycles. The van der Waals surface area contributed by atoms with Crippen molar-refractivity contribution in [2.75, 3.05) is 13.7 Å². The van der Waals surface area contributed by atoms with Crippen LogP contribution in [0.1, 0.15) is 36.5 Å². The van der Waals surface area contributed by atoms with Crippen LogP contribution in [0.25, 0.3) is 0 Å². The van der Waals surface area contributed by atoms with Gasteiger partial charge in [-0.3, -0.25) is 9.69 Å². The first-order chi connectivity index (χ1) is 12.0. The Labute approximate surface area is 147 Å². The normalized spacial score (nSPS) is 29.9. The number of aliphatic hydroxyl groups is 1. The Balaban J connectivity index is 1.75. The number of benzene rings is 1. The van der Waals surface area contributed by atoms with E-state index in [0.29, 0.717) is 18.0 Å². The van der Waals surface area contributed by atoms with Gasteiger partial charge in [0.25, 0.3) is 0 Å². The lowest BCUT2D eigenvalue weighted by molar-refractivity contribution is -0.161. The molecule has 2 saturated heterocycles. The van der Waals surface area contributed by atoms with Crippen molar-refractivity contribution >= 4 is 11.9 Å². The maximum atomic E-state index is 12.6. The number of aliphatic hydroxyl groups excluding tert-OH is 1. The molecule has 0 radical (unpaired) electrons. The third-order valence-corrected chi connectivity index (χ3v) is 5.22. The van der Waals surface area contributed by atoms with Crippen LogP contribution in [0.5, 0.6) is 0 Å². The highest BCUT2D eigenvalue weighted by Gasteiger charge is 2.51. The molecule has 2 heterocycles. The van der Waals surface area contributed by atoms with E-state index in [1.165, 1.54) is 0 Å². The topological polar surface area (TPSA) is 76.1 Å². The van der Waals surface area contributed by atoms with E-state index >= 15 is 0 Å². The molecule has 1 unspecified atom stereocenters. The standard InChI is InChI=1S/C19H25NO5/c1-12(21)11-24-19(23)17-15-9-8-14(20(15)2)10-16(17)25-18(22)13-6-4-3-5-7-13/h3-7,12,14-17,21H,8-11H2,1-2H3/t12?,14-,15+,16-,17+/m0/s1. The summed E-state index contributed by atoms with van der Waals surface area (Å²) in [5.74, 6) is -1.33. The predicted molar refractivity (Wildman–Crippen MR) is 91.0 cm³/mol. The van der Waals surface area contributed by atoms with E-state index in [1.807, 2.05) is 13.1 Å². The van der Waals surface area contributed by atoms with E-state index in [4.69, 9.17) is 9.47 Å². The highest BCUT2D eigenvalue weighted by Crippen LogP contribution is 2.40. The molecule has 136 valence electrons. The molecule has 2 aliphatic heterocycles. The number of piperidine rings is 1. The first-order valence-corrected chi connectivity index (χ1v) is 8.80. The Hall–Kier alpha value is -1.92. The van der Waals surface area contributed by atoms with Crippen LogP contribution in [0.3, 0.4) is 0 Å². The number of hydrogen-bond donors (Lipinski definition) is 1. The van der Waals surface area contributed by atoms with Gasteiger partial charge in [0.15, 0.2) is 0 Å². The SMILES string of the molecule is CC(O)COC(=O)[C@H]1[C@@H](OC(=O)c2ccccc2)C[C@@H]2CC[C@H]1N2C. The summed E-state index contributed by atoms with van der Waals surface area (Å²) in [4.78, 5) is 27.2. The van der Waals surface area contributed by atoms with Gasteiger partial charge in [-0.2, -0.15) is 0 Å². The average Bonchev–Trinajstić information content (AvgIpc) is 2.83. The fourth-order valence-corrected chi connectivity index (χ4v) is 3.93. The summed E-state index contributed by atoms with van der Waals surface area (Å²) in [7, 11) is 2.01. The second-order valence-electron chi connectivity index (χ2n) is 7.01. The van der Waals surface area contributed by atoms with Crippen molar-refractivity contribution in [2.45, 2.75) is 50.5 Å². The first kappa shape index (κ1) is 17.9. The van der Waals surface area contributed by atoms with Crippen LogP contribution in [-0.2, 0) is 14.3 Å². The van der Waals surface area contributed by atoms with Gasteiger partial charge in [0.05, 0.1) is 11.7 Å². The van der Waals surface area contributed by atoms with Crippen LogP contribution in [0.4, 0.5) is 0 Å². The number of carbonyl (C=O) groups is 2. The molecule has 0 saturated carbocycles. The summed E-state index contributed by atoms with van der Waals surface area (Å²) in [5, 5.41) is 9.37. The first-order valence-electron chi connectivity index (χ1n) is 8.80. The predicted octanol–water partition coefficient (Wildman–Crippen LogP) is 1.62. The van der Waals surface area contributed by atoms with Crippen LogP contribution in [0, 0.1) is 5.92 Å².